The number of nitrogens with one attached hydrogen (secondary N) is 2. The Morgan fingerprint density at radius 2 is 1.81 bits per heavy atom. The van der Waals surface area contributed by atoms with Gasteiger partial charge in [-0.15, -0.1) is 0 Å². The number of hydrogen-bond donors (Lipinski definition) is 2. The number of hydrazine groups is 1. The third-order valence-electron chi connectivity index (χ3n) is 4.04. The van der Waals surface area contributed by atoms with E-state index in [1.807, 2.05) is 31.2 Å². The number of methoxy groups -OCH3 is 1. The minimum atomic E-state index is -0.537. The number of carbonyl (C=O) groups is 2. The molecule has 0 aliphatic carbocycles. The van der Waals surface area contributed by atoms with Crippen molar-refractivity contribution in [2.45, 2.75) is 13.8 Å². The van der Waals surface area contributed by atoms with Crippen LogP contribution in [0.3, 0.4) is 0 Å². The van der Waals surface area contributed by atoms with Crippen molar-refractivity contribution in [3.05, 3.63) is 59.4 Å². The number of furan rings is 1. The van der Waals surface area contributed by atoms with Crippen LogP contribution in [0.4, 0.5) is 0 Å². The molecule has 3 aromatic rings. The summed E-state index contributed by atoms with van der Waals surface area (Å²) in [7, 11) is 1.53. The summed E-state index contributed by atoms with van der Waals surface area (Å²) < 4.78 is 16.2. The number of hydrogen-bond acceptors (Lipinski definition) is 5. The molecule has 7 nitrogen and oxygen atoms in total. The van der Waals surface area contributed by atoms with Crippen LogP contribution in [0.25, 0.3) is 11.0 Å². The van der Waals surface area contributed by atoms with Crippen molar-refractivity contribution in [3.8, 4) is 11.5 Å². The number of amides is 2. The van der Waals surface area contributed by atoms with Gasteiger partial charge in [0.1, 0.15) is 5.58 Å². The van der Waals surface area contributed by atoms with Crippen LogP contribution in [0, 0.1) is 13.8 Å². The summed E-state index contributed by atoms with van der Waals surface area (Å²) in [6.07, 6.45) is 0. The van der Waals surface area contributed by atoms with E-state index < -0.39 is 11.8 Å². The molecule has 3 rings (SSSR count). The van der Waals surface area contributed by atoms with E-state index in [0.717, 1.165) is 10.9 Å². The van der Waals surface area contributed by atoms with Crippen LogP contribution in [0.2, 0.25) is 0 Å². The maximum atomic E-state index is 12.3. The third kappa shape index (κ3) is 4.03. The summed E-state index contributed by atoms with van der Waals surface area (Å²) in [6, 6.07) is 12.7. The fraction of sp³-hybridized carbons (Fsp3) is 0.200. The molecule has 0 unspecified atom stereocenters. The van der Waals surface area contributed by atoms with Crippen molar-refractivity contribution in [3.63, 3.8) is 0 Å². The molecule has 0 spiro atoms. The maximum Gasteiger partial charge on any atom is 0.305 e. The number of carbonyl (C=O) groups excluding carboxylic acids is 2. The van der Waals surface area contributed by atoms with Crippen LogP contribution >= 0.6 is 0 Å². The SMILES string of the molecule is COc1cc(C)ccc1OCC(=O)NNC(=O)c1oc2ccccc2c1C. The average molecular weight is 368 g/mol. The van der Waals surface area contributed by atoms with Crippen LogP contribution in [0.5, 0.6) is 11.5 Å². The highest BCUT2D eigenvalue weighted by atomic mass is 16.5. The summed E-state index contributed by atoms with van der Waals surface area (Å²) in [5.41, 5.74) is 6.97. The van der Waals surface area contributed by atoms with E-state index in [2.05, 4.69) is 10.9 Å². The van der Waals surface area contributed by atoms with Gasteiger partial charge >= 0.3 is 5.91 Å². The van der Waals surface area contributed by atoms with Gasteiger partial charge in [0.25, 0.3) is 5.91 Å². The molecular formula is C20H20N2O5. The topological polar surface area (TPSA) is 89.8 Å². The van der Waals surface area contributed by atoms with E-state index in [9.17, 15) is 9.59 Å². The highest BCUT2D eigenvalue weighted by molar-refractivity contribution is 5.99. The van der Waals surface area contributed by atoms with E-state index in [1.54, 1.807) is 25.1 Å². The average Bonchev–Trinajstić information content (AvgIpc) is 3.02. The van der Waals surface area contributed by atoms with Gasteiger partial charge in [-0.2, -0.15) is 0 Å². The minimum absolute atomic E-state index is 0.151. The molecule has 0 atom stereocenters. The lowest BCUT2D eigenvalue weighted by atomic mass is 10.1. The Labute approximate surface area is 156 Å². The summed E-state index contributed by atoms with van der Waals surface area (Å²) >= 11 is 0. The van der Waals surface area contributed by atoms with Crippen molar-refractivity contribution < 1.29 is 23.5 Å². The quantitative estimate of drug-likeness (QED) is 0.676. The summed E-state index contributed by atoms with van der Waals surface area (Å²) in [5.74, 6) is 0.0739. The number of aryl methyl sites for hydroxylation is 2. The van der Waals surface area contributed by atoms with Crippen molar-refractivity contribution in [1.82, 2.24) is 10.9 Å². The molecule has 2 N–H and O–H groups in total. The van der Waals surface area contributed by atoms with E-state index >= 15 is 0 Å². The first-order chi connectivity index (χ1) is 13.0. The Balaban J connectivity index is 1.57. The Morgan fingerprint density at radius 1 is 1.04 bits per heavy atom. The molecule has 0 fully saturated rings. The second kappa shape index (κ2) is 7.82. The van der Waals surface area contributed by atoms with Gasteiger partial charge in [-0.05, 0) is 37.6 Å². The van der Waals surface area contributed by atoms with E-state index in [-0.39, 0.29) is 12.4 Å². The minimum Gasteiger partial charge on any atom is -0.493 e. The Bertz CT molecular complexity index is 993. The molecule has 0 radical (unpaired) electrons. The van der Waals surface area contributed by atoms with Gasteiger partial charge in [-0.1, -0.05) is 24.3 Å². The summed E-state index contributed by atoms with van der Waals surface area (Å²) in [5, 5.41) is 0.851. The Morgan fingerprint density at radius 3 is 2.56 bits per heavy atom. The lowest BCUT2D eigenvalue weighted by molar-refractivity contribution is -0.123. The zero-order chi connectivity index (χ0) is 19.4. The summed E-state index contributed by atoms with van der Waals surface area (Å²) in [4.78, 5) is 24.2. The Kier molecular flexibility index (Phi) is 5.30. The highest BCUT2D eigenvalue weighted by Gasteiger charge is 2.18. The highest BCUT2D eigenvalue weighted by Crippen LogP contribution is 2.27. The fourth-order valence-corrected chi connectivity index (χ4v) is 2.65. The molecule has 7 heteroatoms. The van der Waals surface area contributed by atoms with Gasteiger partial charge in [-0.3, -0.25) is 20.4 Å². The van der Waals surface area contributed by atoms with E-state index in [4.69, 9.17) is 13.9 Å². The van der Waals surface area contributed by atoms with Gasteiger partial charge in [0.05, 0.1) is 7.11 Å². The van der Waals surface area contributed by atoms with Gasteiger partial charge in [0, 0.05) is 10.9 Å². The molecular weight excluding hydrogens is 348 g/mol. The molecule has 140 valence electrons. The number of para-hydroxylation sites is 1. The standard InChI is InChI=1S/C20H20N2O5/c1-12-8-9-16(17(10-12)25-3)26-11-18(23)21-22-20(24)19-13(2)14-6-4-5-7-15(14)27-19/h4-10H,11H2,1-3H3,(H,21,23)(H,22,24). The number of ether oxygens (including phenoxy) is 2. The normalized spacial score (nSPS) is 10.5. The molecule has 1 aromatic heterocycles. The molecule has 0 bridgehead atoms. The van der Waals surface area contributed by atoms with Crippen LogP contribution < -0.4 is 20.3 Å². The second-order valence-corrected chi connectivity index (χ2v) is 6.00. The van der Waals surface area contributed by atoms with Crippen molar-refractivity contribution >= 4 is 22.8 Å². The van der Waals surface area contributed by atoms with Crippen molar-refractivity contribution in [1.29, 1.82) is 0 Å². The number of fused-ring (bicyclic) bond motifs is 1. The lowest BCUT2D eigenvalue weighted by Crippen LogP contribution is -2.43. The zero-order valence-electron chi connectivity index (χ0n) is 15.3. The molecule has 1 heterocycles. The summed E-state index contributed by atoms with van der Waals surface area (Å²) in [6.45, 7) is 3.43. The molecule has 2 aromatic carbocycles. The molecule has 0 aliphatic rings. The fourth-order valence-electron chi connectivity index (χ4n) is 2.65. The first kappa shape index (κ1) is 18.3. The van der Waals surface area contributed by atoms with Crippen LogP contribution in [-0.2, 0) is 4.79 Å². The van der Waals surface area contributed by atoms with E-state index in [0.29, 0.717) is 22.6 Å². The van der Waals surface area contributed by atoms with Crippen LogP contribution in [-0.4, -0.2) is 25.5 Å². The monoisotopic (exact) mass is 368 g/mol. The predicted octanol–water partition coefficient (Wildman–Crippen LogP) is 2.90. The third-order valence-corrected chi connectivity index (χ3v) is 4.04. The van der Waals surface area contributed by atoms with Gasteiger partial charge in [-0.25, -0.2) is 0 Å². The smallest absolute Gasteiger partial charge is 0.305 e. The van der Waals surface area contributed by atoms with E-state index in [1.165, 1.54) is 7.11 Å². The first-order valence-electron chi connectivity index (χ1n) is 8.34. The largest absolute Gasteiger partial charge is 0.493 e. The van der Waals surface area contributed by atoms with Gasteiger partial charge in [0.15, 0.2) is 23.9 Å². The van der Waals surface area contributed by atoms with Crippen molar-refractivity contribution in [2.75, 3.05) is 13.7 Å². The molecule has 2 amide bonds. The lowest BCUT2D eigenvalue weighted by Gasteiger charge is -2.11. The number of rotatable bonds is 5. The number of benzene rings is 2. The van der Waals surface area contributed by atoms with Crippen LogP contribution in [0.15, 0.2) is 46.9 Å². The second-order valence-electron chi connectivity index (χ2n) is 6.00. The molecule has 0 saturated heterocycles. The van der Waals surface area contributed by atoms with Gasteiger partial charge < -0.3 is 13.9 Å². The molecule has 0 aliphatic heterocycles. The zero-order valence-corrected chi connectivity index (χ0v) is 15.3. The van der Waals surface area contributed by atoms with Crippen molar-refractivity contribution in [2.24, 2.45) is 0 Å². The Hall–Kier alpha value is -3.48. The van der Waals surface area contributed by atoms with Gasteiger partial charge in [0.2, 0.25) is 0 Å². The first-order valence-corrected chi connectivity index (χ1v) is 8.34. The molecule has 0 saturated carbocycles. The molecule has 27 heavy (non-hydrogen) atoms. The predicted molar refractivity (Wildman–Crippen MR) is 99.8 cm³/mol. The maximum absolute atomic E-state index is 12.3. The van der Waals surface area contributed by atoms with Crippen LogP contribution in [0.1, 0.15) is 21.7 Å².